The molecule has 1 aliphatic rings. The summed E-state index contributed by atoms with van der Waals surface area (Å²) in [5.41, 5.74) is 4.52. The molecule has 0 radical (unpaired) electrons. The number of hydrogen-bond acceptors (Lipinski definition) is 5. The zero-order chi connectivity index (χ0) is 20.6. The fourth-order valence-electron chi connectivity index (χ4n) is 3.36. The number of benzene rings is 2. The van der Waals surface area contributed by atoms with Crippen LogP contribution in [0.25, 0.3) is 0 Å². The summed E-state index contributed by atoms with van der Waals surface area (Å²) in [5.74, 6) is 0.374. The van der Waals surface area contributed by atoms with Crippen molar-refractivity contribution in [1.82, 2.24) is 10.3 Å². The number of hydrogen-bond donors (Lipinski definition) is 2. The third-order valence-corrected chi connectivity index (χ3v) is 5.20. The Labute approximate surface area is 176 Å². The van der Waals surface area contributed by atoms with Crippen molar-refractivity contribution in [3.05, 3.63) is 58.6 Å². The van der Waals surface area contributed by atoms with Gasteiger partial charge in [-0.05, 0) is 74.3 Å². The molecule has 1 saturated heterocycles. The van der Waals surface area contributed by atoms with E-state index in [9.17, 15) is 9.90 Å². The normalized spacial score (nSPS) is 15.5. The molecule has 0 atom stereocenters. The van der Waals surface area contributed by atoms with Crippen LogP contribution < -0.4 is 10.2 Å². The number of hydrazone groups is 1. The summed E-state index contributed by atoms with van der Waals surface area (Å²) >= 11 is 5.93. The van der Waals surface area contributed by atoms with E-state index in [0.29, 0.717) is 17.9 Å². The van der Waals surface area contributed by atoms with Crippen molar-refractivity contribution in [3.63, 3.8) is 0 Å². The SMILES string of the molecule is CCOc1ccc(C=NNC(=O)C2CCN(Cc3ccc(Cl)cc3)CC2)cc1O. The molecule has 0 aliphatic carbocycles. The van der Waals surface area contributed by atoms with Crippen molar-refractivity contribution in [2.75, 3.05) is 19.7 Å². The van der Waals surface area contributed by atoms with E-state index in [0.717, 1.165) is 37.5 Å². The number of phenolic OH excluding ortho intramolecular Hbond substituents is 1. The van der Waals surface area contributed by atoms with Gasteiger partial charge in [0.25, 0.3) is 0 Å². The number of rotatable bonds is 7. The van der Waals surface area contributed by atoms with Crippen LogP contribution in [-0.2, 0) is 11.3 Å². The lowest BCUT2D eigenvalue weighted by atomic mass is 9.96. The molecule has 154 valence electrons. The first-order valence-corrected chi connectivity index (χ1v) is 10.2. The molecule has 1 aliphatic heterocycles. The number of carbonyl (C=O) groups is 1. The Kier molecular flexibility index (Phi) is 7.49. The summed E-state index contributed by atoms with van der Waals surface area (Å²) in [6.07, 6.45) is 3.13. The number of carbonyl (C=O) groups excluding carboxylic acids is 1. The predicted octanol–water partition coefficient (Wildman–Crippen LogP) is 3.81. The van der Waals surface area contributed by atoms with Gasteiger partial charge in [-0.3, -0.25) is 9.69 Å². The van der Waals surface area contributed by atoms with Crippen LogP contribution in [-0.4, -0.2) is 41.8 Å². The second-order valence-corrected chi connectivity index (χ2v) is 7.51. The van der Waals surface area contributed by atoms with Crippen molar-refractivity contribution >= 4 is 23.7 Å². The molecule has 0 unspecified atom stereocenters. The quantitative estimate of drug-likeness (QED) is 0.532. The second-order valence-electron chi connectivity index (χ2n) is 7.07. The number of ether oxygens (including phenoxy) is 1. The van der Waals surface area contributed by atoms with Gasteiger partial charge >= 0.3 is 0 Å². The molecule has 2 N–H and O–H groups in total. The molecule has 0 bridgehead atoms. The summed E-state index contributed by atoms with van der Waals surface area (Å²) in [6.45, 7) is 4.95. The molecule has 2 aromatic rings. The minimum absolute atomic E-state index is 0.0395. The zero-order valence-corrected chi connectivity index (χ0v) is 17.2. The Morgan fingerprint density at radius 1 is 1.28 bits per heavy atom. The van der Waals surface area contributed by atoms with E-state index >= 15 is 0 Å². The number of piperidine rings is 1. The summed E-state index contributed by atoms with van der Waals surface area (Å²) in [4.78, 5) is 14.7. The maximum absolute atomic E-state index is 12.4. The second kappa shape index (κ2) is 10.3. The lowest BCUT2D eigenvalue weighted by Crippen LogP contribution is -2.39. The minimum atomic E-state index is -0.0671. The van der Waals surface area contributed by atoms with Crippen molar-refractivity contribution in [3.8, 4) is 11.5 Å². The van der Waals surface area contributed by atoms with E-state index in [2.05, 4.69) is 15.4 Å². The molecular weight excluding hydrogens is 390 g/mol. The molecule has 29 heavy (non-hydrogen) atoms. The van der Waals surface area contributed by atoms with Gasteiger partial charge in [-0.1, -0.05) is 23.7 Å². The first-order chi connectivity index (χ1) is 14.0. The Hall–Kier alpha value is -2.57. The molecule has 1 fully saturated rings. The number of halogens is 1. The van der Waals surface area contributed by atoms with Gasteiger partial charge in [0.1, 0.15) is 0 Å². The lowest BCUT2D eigenvalue weighted by Gasteiger charge is -2.30. The molecule has 0 spiro atoms. The van der Waals surface area contributed by atoms with Gasteiger partial charge in [-0.2, -0.15) is 5.10 Å². The van der Waals surface area contributed by atoms with E-state index in [1.165, 1.54) is 11.8 Å². The van der Waals surface area contributed by atoms with E-state index in [4.69, 9.17) is 16.3 Å². The number of nitrogens with one attached hydrogen (secondary N) is 1. The smallest absolute Gasteiger partial charge is 0.243 e. The Bertz CT molecular complexity index is 847. The molecule has 3 rings (SSSR count). The predicted molar refractivity (Wildman–Crippen MR) is 114 cm³/mol. The van der Waals surface area contributed by atoms with Crippen LogP contribution in [0.3, 0.4) is 0 Å². The van der Waals surface area contributed by atoms with Crippen molar-refractivity contribution in [1.29, 1.82) is 0 Å². The Balaban J connectivity index is 1.44. The topological polar surface area (TPSA) is 74.2 Å². The Morgan fingerprint density at radius 3 is 2.66 bits per heavy atom. The molecule has 0 saturated carbocycles. The molecule has 1 amide bonds. The van der Waals surface area contributed by atoms with Gasteiger partial charge in [0.2, 0.25) is 5.91 Å². The lowest BCUT2D eigenvalue weighted by molar-refractivity contribution is -0.126. The van der Waals surface area contributed by atoms with Crippen LogP contribution in [0.15, 0.2) is 47.6 Å². The van der Waals surface area contributed by atoms with Gasteiger partial charge in [0.05, 0.1) is 12.8 Å². The molecule has 6 nitrogen and oxygen atoms in total. The number of likely N-dealkylation sites (tertiary alicyclic amines) is 1. The fourth-order valence-corrected chi connectivity index (χ4v) is 3.48. The number of amides is 1. The van der Waals surface area contributed by atoms with Crippen LogP contribution in [0.4, 0.5) is 0 Å². The van der Waals surface area contributed by atoms with Crippen molar-refractivity contribution in [2.24, 2.45) is 11.0 Å². The molecule has 1 heterocycles. The fraction of sp³-hybridized carbons (Fsp3) is 0.364. The average molecular weight is 416 g/mol. The van der Waals surface area contributed by atoms with E-state index < -0.39 is 0 Å². The molecule has 2 aromatic carbocycles. The van der Waals surface area contributed by atoms with Crippen molar-refractivity contribution in [2.45, 2.75) is 26.3 Å². The van der Waals surface area contributed by atoms with Crippen LogP contribution in [0, 0.1) is 5.92 Å². The maximum atomic E-state index is 12.4. The first kappa shape index (κ1) is 21.1. The van der Waals surface area contributed by atoms with Gasteiger partial charge in [-0.15, -0.1) is 0 Å². The summed E-state index contributed by atoms with van der Waals surface area (Å²) in [6, 6.07) is 12.9. The zero-order valence-electron chi connectivity index (χ0n) is 16.5. The van der Waals surface area contributed by atoms with Crippen LogP contribution in [0.1, 0.15) is 30.9 Å². The maximum Gasteiger partial charge on any atom is 0.243 e. The molecule has 7 heteroatoms. The van der Waals surface area contributed by atoms with E-state index in [1.807, 2.05) is 31.2 Å². The number of aromatic hydroxyl groups is 1. The van der Waals surface area contributed by atoms with Crippen molar-refractivity contribution < 1.29 is 14.6 Å². The third kappa shape index (κ3) is 6.21. The molecule has 0 aromatic heterocycles. The highest BCUT2D eigenvalue weighted by atomic mass is 35.5. The highest BCUT2D eigenvalue weighted by Gasteiger charge is 2.24. The summed E-state index contributed by atoms with van der Waals surface area (Å²) < 4.78 is 5.29. The molecular formula is C22H26ClN3O3. The number of nitrogens with zero attached hydrogens (tertiary/aromatic N) is 2. The van der Waals surface area contributed by atoms with Crippen LogP contribution in [0.2, 0.25) is 5.02 Å². The van der Waals surface area contributed by atoms with Gasteiger partial charge in [0, 0.05) is 17.5 Å². The highest BCUT2D eigenvalue weighted by Crippen LogP contribution is 2.26. The first-order valence-electron chi connectivity index (χ1n) is 9.80. The van der Waals surface area contributed by atoms with E-state index in [1.54, 1.807) is 18.2 Å². The third-order valence-electron chi connectivity index (χ3n) is 4.95. The van der Waals surface area contributed by atoms with Crippen LogP contribution in [0.5, 0.6) is 11.5 Å². The average Bonchev–Trinajstić information content (AvgIpc) is 2.72. The largest absolute Gasteiger partial charge is 0.504 e. The van der Waals surface area contributed by atoms with Gasteiger partial charge in [-0.25, -0.2) is 5.43 Å². The van der Waals surface area contributed by atoms with E-state index in [-0.39, 0.29) is 17.6 Å². The van der Waals surface area contributed by atoms with Gasteiger partial charge in [0.15, 0.2) is 11.5 Å². The Morgan fingerprint density at radius 2 is 2.00 bits per heavy atom. The minimum Gasteiger partial charge on any atom is -0.504 e. The standard InChI is InChI=1S/C22H26ClN3O3/c1-2-29-21-8-5-17(13-20(21)27)14-24-25-22(28)18-9-11-26(12-10-18)15-16-3-6-19(23)7-4-16/h3-8,13-14,18,27H,2,9-12,15H2,1H3,(H,25,28). The summed E-state index contributed by atoms with van der Waals surface area (Å²) in [5, 5.41) is 14.7. The monoisotopic (exact) mass is 415 g/mol. The summed E-state index contributed by atoms with van der Waals surface area (Å²) in [7, 11) is 0. The highest BCUT2D eigenvalue weighted by molar-refractivity contribution is 6.30. The van der Waals surface area contributed by atoms with Gasteiger partial charge < -0.3 is 9.84 Å². The number of phenols is 1. The van der Waals surface area contributed by atoms with Crippen LogP contribution >= 0.6 is 11.6 Å².